The number of aromatic amines is 1. The molecule has 1 unspecified atom stereocenters. The third-order valence-corrected chi connectivity index (χ3v) is 7.64. The maximum absolute atomic E-state index is 14.0. The lowest BCUT2D eigenvalue weighted by atomic mass is 10.0. The van der Waals surface area contributed by atoms with Gasteiger partial charge in [0.1, 0.15) is 23.1 Å². The molecular formula is C27H30Cl2N6O5. The van der Waals surface area contributed by atoms with Gasteiger partial charge in [-0.15, -0.1) is 0 Å². The maximum atomic E-state index is 14.0. The highest BCUT2D eigenvalue weighted by molar-refractivity contribution is 6.46. The zero-order valence-electron chi connectivity index (χ0n) is 22.5. The van der Waals surface area contributed by atoms with Crippen molar-refractivity contribution < 1.29 is 23.8 Å². The molecule has 13 heteroatoms. The number of nitrogens with zero attached hydrogens (tertiary/aromatic N) is 5. The lowest BCUT2D eigenvalue weighted by Crippen LogP contribution is -2.49. The first-order chi connectivity index (χ1) is 19.1. The molecule has 1 saturated heterocycles. The van der Waals surface area contributed by atoms with Gasteiger partial charge in [-0.05, 0) is 27.2 Å². The number of nitriles is 1. The van der Waals surface area contributed by atoms with Crippen molar-refractivity contribution in [3.63, 3.8) is 0 Å². The molecule has 4 heterocycles. The molecule has 5 rings (SSSR count). The van der Waals surface area contributed by atoms with Gasteiger partial charge >= 0.3 is 6.09 Å². The first kappa shape index (κ1) is 28.1. The minimum Gasteiger partial charge on any atom is -0.478 e. The number of morpholine rings is 1. The van der Waals surface area contributed by atoms with E-state index in [2.05, 4.69) is 10.2 Å². The topological polar surface area (TPSA) is 126 Å². The zero-order valence-corrected chi connectivity index (χ0v) is 24.0. The zero-order chi connectivity index (χ0) is 28.6. The fourth-order valence-electron chi connectivity index (χ4n) is 5.16. The molecule has 212 valence electrons. The molecule has 40 heavy (non-hydrogen) atoms. The number of halogens is 2. The smallest absolute Gasteiger partial charge is 0.410 e. The highest BCUT2D eigenvalue weighted by Crippen LogP contribution is 2.47. The van der Waals surface area contributed by atoms with E-state index in [1.54, 1.807) is 28.3 Å². The Labute approximate surface area is 241 Å². The Kier molecular flexibility index (Phi) is 7.86. The van der Waals surface area contributed by atoms with Gasteiger partial charge in [0.25, 0.3) is 5.91 Å². The fraction of sp³-hybridized carbons (Fsp3) is 0.481. The first-order valence-corrected chi connectivity index (χ1v) is 13.8. The molecule has 0 bridgehead atoms. The van der Waals surface area contributed by atoms with Gasteiger partial charge in [0.05, 0.1) is 46.4 Å². The molecule has 1 fully saturated rings. The van der Waals surface area contributed by atoms with Gasteiger partial charge in [0, 0.05) is 49.6 Å². The predicted molar refractivity (Wildman–Crippen MR) is 149 cm³/mol. The molecule has 1 N–H and O–H groups in total. The van der Waals surface area contributed by atoms with Crippen LogP contribution < -0.4 is 4.74 Å². The number of ether oxygens (including phenoxy) is 3. The van der Waals surface area contributed by atoms with Crippen LogP contribution in [0.3, 0.4) is 0 Å². The number of carbonyl (C=O) groups is 2. The van der Waals surface area contributed by atoms with Gasteiger partial charge in [-0.25, -0.2) is 4.79 Å². The summed E-state index contributed by atoms with van der Waals surface area (Å²) in [5, 5.41) is 17.2. The second kappa shape index (κ2) is 11.2. The fourth-order valence-corrected chi connectivity index (χ4v) is 5.60. The minimum atomic E-state index is -0.580. The molecule has 0 saturated carbocycles. The van der Waals surface area contributed by atoms with Gasteiger partial charge in [0.15, 0.2) is 6.61 Å². The summed E-state index contributed by atoms with van der Waals surface area (Å²) in [6, 6.07) is 3.54. The van der Waals surface area contributed by atoms with Gasteiger partial charge in [0.2, 0.25) is 0 Å². The van der Waals surface area contributed by atoms with Crippen LogP contribution in [0.1, 0.15) is 37.7 Å². The molecule has 2 aliphatic rings. The van der Waals surface area contributed by atoms with Crippen LogP contribution in [0.2, 0.25) is 10.0 Å². The molecule has 0 radical (unpaired) electrons. The average molecular weight is 589 g/mol. The SMILES string of the molecule is CC(C)(C)OC(=O)N1CCOC(CCN2CCn3c(c(-c4cn[nH]c4)c4c(OCC#N)cc(Cl)c(Cl)c43)C2=O)C1. The van der Waals surface area contributed by atoms with Crippen molar-refractivity contribution >= 4 is 46.1 Å². The van der Waals surface area contributed by atoms with Crippen molar-refractivity contribution in [1.29, 1.82) is 5.26 Å². The molecule has 1 atom stereocenters. The van der Waals surface area contributed by atoms with Gasteiger partial charge < -0.3 is 28.6 Å². The van der Waals surface area contributed by atoms with Crippen LogP contribution in [-0.4, -0.2) is 87.7 Å². The van der Waals surface area contributed by atoms with Crippen LogP contribution in [0.25, 0.3) is 22.0 Å². The average Bonchev–Trinajstić information content (AvgIpc) is 3.55. The maximum Gasteiger partial charge on any atom is 0.410 e. The van der Waals surface area contributed by atoms with E-state index in [0.717, 1.165) is 0 Å². The van der Waals surface area contributed by atoms with Crippen LogP contribution >= 0.6 is 23.2 Å². The highest BCUT2D eigenvalue weighted by Gasteiger charge is 2.35. The Hall–Kier alpha value is -3.46. The van der Waals surface area contributed by atoms with Crippen molar-refractivity contribution in [2.24, 2.45) is 0 Å². The van der Waals surface area contributed by atoms with Gasteiger partial charge in [-0.3, -0.25) is 9.89 Å². The summed E-state index contributed by atoms with van der Waals surface area (Å²) in [5.41, 5.74) is 1.72. The van der Waals surface area contributed by atoms with E-state index in [1.807, 2.05) is 31.4 Å². The Bertz CT molecular complexity index is 1470. The van der Waals surface area contributed by atoms with E-state index in [-0.39, 0.29) is 29.7 Å². The number of hydrogen-bond donors (Lipinski definition) is 1. The van der Waals surface area contributed by atoms with Crippen LogP contribution in [0, 0.1) is 11.3 Å². The number of H-pyrrole nitrogens is 1. The highest BCUT2D eigenvalue weighted by atomic mass is 35.5. The Morgan fingerprint density at radius 3 is 2.80 bits per heavy atom. The number of fused-ring (bicyclic) bond motifs is 3. The van der Waals surface area contributed by atoms with Crippen molar-refractivity contribution in [3.05, 3.63) is 34.2 Å². The van der Waals surface area contributed by atoms with Crippen LogP contribution in [0.5, 0.6) is 5.75 Å². The molecule has 0 spiro atoms. The number of hydrogen-bond acceptors (Lipinski definition) is 7. The molecular weight excluding hydrogens is 559 g/mol. The number of benzene rings is 1. The summed E-state index contributed by atoms with van der Waals surface area (Å²) >= 11 is 13.1. The standard InChI is InChI=1S/C27H30Cl2N6O5/c1-27(2,3)40-26(37)34-9-11-38-17(15-34)4-6-33-7-8-35-23-21(19(39-10-5-30)12-18(28)22(23)29)20(24(35)25(33)36)16-13-31-32-14-16/h12-14,17H,4,6-11,15H2,1-3H3,(H,31,32). The molecule has 2 amide bonds. The van der Waals surface area contributed by atoms with Crippen molar-refractivity contribution in [3.8, 4) is 22.9 Å². The number of carbonyl (C=O) groups excluding carboxylic acids is 2. The Balaban J connectivity index is 1.43. The first-order valence-electron chi connectivity index (χ1n) is 13.0. The monoisotopic (exact) mass is 588 g/mol. The van der Waals surface area contributed by atoms with E-state index in [4.69, 9.17) is 42.7 Å². The number of amides is 2. The summed E-state index contributed by atoms with van der Waals surface area (Å²) < 4.78 is 19.0. The van der Waals surface area contributed by atoms with E-state index in [1.165, 1.54) is 0 Å². The minimum absolute atomic E-state index is 0.183. The molecule has 2 aromatic heterocycles. The van der Waals surface area contributed by atoms with E-state index in [0.29, 0.717) is 84.2 Å². The number of rotatable bonds is 6. The second-order valence-corrected chi connectivity index (χ2v) is 11.5. The van der Waals surface area contributed by atoms with Crippen LogP contribution in [0.4, 0.5) is 4.79 Å². The molecule has 3 aromatic rings. The van der Waals surface area contributed by atoms with Crippen molar-refractivity contribution in [2.45, 2.75) is 45.4 Å². The quantitative estimate of drug-likeness (QED) is 0.441. The summed E-state index contributed by atoms with van der Waals surface area (Å²) in [5.74, 6) is 0.179. The summed E-state index contributed by atoms with van der Waals surface area (Å²) in [4.78, 5) is 30.0. The summed E-state index contributed by atoms with van der Waals surface area (Å²) in [6.45, 7) is 7.92. The number of nitrogens with one attached hydrogen (secondary N) is 1. The lowest BCUT2D eigenvalue weighted by Gasteiger charge is -2.36. The molecule has 11 nitrogen and oxygen atoms in total. The van der Waals surface area contributed by atoms with Crippen LogP contribution in [-0.2, 0) is 16.0 Å². The molecule has 1 aromatic carbocycles. The number of aromatic nitrogens is 3. The Morgan fingerprint density at radius 1 is 1.30 bits per heavy atom. The van der Waals surface area contributed by atoms with E-state index >= 15 is 0 Å². The third kappa shape index (κ3) is 5.44. The van der Waals surface area contributed by atoms with Gasteiger partial charge in [-0.2, -0.15) is 10.4 Å². The predicted octanol–water partition coefficient (Wildman–Crippen LogP) is 4.72. The van der Waals surface area contributed by atoms with E-state index in [9.17, 15) is 9.59 Å². The lowest BCUT2D eigenvalue weighted by molar-refractivity contribution is -0.0465. The third-order valence-electron chi connectivity index (χ3n) is 6.86. The van der Waals surface area contributed by atoms with Crippen LogP contribution in [0.15, 0.2) is 18.5 Å². The molecule has 2 aliphatic heterocycles. The second-order valence-electron chi connectivity index (χ2n) is 10.7. The largest absolute Gasteiger partial charge is 0.478 e. The van der Waals surface area contributed by atoms with Gasteiger partial charge in [-0.1, -0.05) is 23.2 Å². The van der Waals surface area contributed by atoms with E-state index < -0.39 is 5.60 Å². The molecule has 0 aliphatic carbocycles. The summed E-state index contributed by atoms with van der Waals surface area (Å²) in [7, 11) is 0. The Morgan fingerprint density at radius 2 is 2.10 bits per heavy atom. The van der Waals surface area contributed by atoms with Crippen molar-refractivity contribution in [2.75, 3.05) is 39.4 Å². The summed E-state index contributed by atoms with van der Waals surface area (Å²) in [6.07, 6.45) is 3.28. The van der Waals surface area contributed by atoms with Crippen molar-refractivity contribution in [1.82, 2.24) is 24.6 Å². The normalized spacial score (nSPS) is 17.6.